The smallest absolute Gasteiger partial charge is 0.124 e. The van der Waals surface area contributed by atoms with Crippen LogP contribution in [0.15, 0.2) is 60.7 Å². The molecular formula is C25H31Cl2FN2O. The number of hydrogen-bond acceptors (Lipinski definition) is 3. The monoisotopic (exact) mass is 464 g/mol. The molecule has 0 bridgehead atoms. The van der Waals surface area contributed by atoms with Crippen molar-refractivity contribution in [3.8, 4) is 5.75 Å². The van der Waals surface area contributed by atoms with E-state index < -0.39 is 0 Å². The number of nitrogens with one attached hydrogen (secondary N) is 1. The number of fused-ring (bicyclic) bond motifs is 1. The molecule has 0 aromatic heterocycles. The highest BCUT2D eigenvalue weighted by Gasteiger charge is 2.22. The second-order valence-corrected chi connectivity index (χ2v) is 7.73. The third-order valence-electron chi connectivity index (χ3n) is 5.89. The number of hydrogen-bond donors (Lipinski definition) is 1. The van der Waals surface area contributed by atoms with E-state index in [-0.39, 0.29) is 30.6 Å². The Morgan fingerprint density at radius 1 is 1.03 bits per heavy atom. The summed E-state index contributed by atoms with van der Waals surface area (Å²) < 4.78 is 19.3. The molecule has 0 aliphatic carbocycles. The van der Waals surface area contributed by atoms with E-state index >= 15 is 0 Å². The zero-order valence-electron chi connectivity index (χ0n) is 17.9. The van der Waals surface area contributed by atoms with Gasteiger partial charge in [0.25, 0.3) is 0 Å². The molecule has 3 nitrogen and oxygen atoms in total. The van der Waals surface area contributed by atoms with Crippen molar-refractivity contribution in [1.82, 2.24) is 10.2 Å². The first-order chi connectivity index (χ1) is 14.2. The molecule has 0 spiro atoms. The van der Waals surface area contributed by atoms with Gasteiger partial charge in [-0.3, -0.25) is 4.90 Å². The third kappa shape index (κ3) is 6.33. The molecule has 1 heterocycles. The van der Waals surface area contributed by atoms with Crippen molar-refractivity contribution in [3.05, 3.63) is 77.6 Å². The maximum absolute atomic E-state index is 13.2. The second-order valence-electron chi connectivity index (χ2n) is 7.73. The van der Waals surface area contributed by atoms with Crippen LogP contribution in [0, 0.1) is 5.82 Å². The molecule has 1 aliphatic heterocycles. The molecule has 3 aromatic carbocycles. The van der Waals surface area contributed by atoms with Crippen LogP contribution in [0.5, 0.6) is 5.75 Å². The number of nitrogens with zero attached hydrogens (tertiary/aromatic N) is 1. The van der Waals surface area contributed by atoms with Gasteiger partial charge in [0, 0.05) is 24.7 Å². The Morgan fingerprint density at radius 2 is 1.81 bits per heavy atom. The van der Waals surface area contributed by atoms with Gasteiger partial charge in [-0.15, -0.1) is 24.8 Å². The van der Waals surface area contributed by atoms with Crippen LogP contribution >= 0.6 is 24.8 Å². The molecular weight excluding hydrogens is 434 g/mol. The van der Waals surface area contributed by atoms with Crippen LogP contribution in [0.3, 0.4) is 0 Å². The van der Waals surface area contributed by atoms with Gasteiger partial charge in [0.1, 0.15) is 18.2 Å². The largest absolute Gasteiger partial charge is 0.489 e. The lowest BCUT2D eigenvalue weighted by Crippen LogP contribution is -2.37. The summed E-state index contributed by atoms with van der Waals surface area (Å²) >= 11 is 0. The Labute approximate surface area is 196 Å². The summed E-state index contributed by atoms with van der Waals surface area (Å²) in [4.78, 5) is 2.56. The lowest BCUT2D eigenvalue weighted by atomic mass is 10.0. The summed E-state index contributed by atoms with van der Waals surface area (Å²) in [7, 11) is 0. The Kier molecular flexibility index (Phi) is 10.0. The maximum Gasteiger partial charge on any atom is 0.124 e. The van der Waals surface area contributed by atoms with E-state index in [1.54, 1.807) is 12.1 Å². The zero-order valence-corrected chi connectivity index (χ0v) is 19.5. The number of rotatable bonds is 8. The Bertz CT molecular complexity index is 952. The van der Waals surface area contributed by atoms with E-state index in [0.717, 1.165) is 30.9 Å². The molecule has 1 saturated heterocycles. The topological polar surface area (TPSA) is 24.5 Å². The zero-order chi connectivity index (χ0) is 20.1. The summed E-state index contributed by atoms with van der Waals surface area (Å²) in [5.74, 6) is 0.664. The average Bonchev–Trinajstić information content (AvgIpc) is 3.21. The molecule has 31 heavy (non-hydrogen) atoms. The van der Waals surface area contributed by atoms with Gasteiger partial charge in [-0.2, -0.15) is 0 Å². The molecule has 1 unspecified atom stereocenters. The van der Waals surface area contributed by atoms with Crippen molar-refractivity contribution >= 4 is 35.6 Å². The van der Waals surface area contributed by atoms with E-state index in [1.165, 1.54) is 47.9 Å². The first-order valence-corrected chi connectivity index (χ1v) is 10.6. The van der Waals surface area contributed by atoms with Crippen LogP contribution in [0.25, 0.3) is 10.8 Å². The highest BCUT2D eigenvalue weighted by molar-refractivity contribution is 5.87. The van der Waals surface area contributed by atoms with Crippen LogP contribution in [0.2, 0.25) is 0 Å². The molecule has 4 rings (SSSR count). The molecule has 1 N–H and O–H groups in total. The van der Waals surface area contributed by atoms with E-state index in [0.29, 0.717) is 12.6 Å². The van der Waals surface area contributed by atoms with Gasteiger partial charge < -0.3 is 10.1 Å². The summed E-state index contributed by atoms with van der Waals surface area (Å²) in [5.41, 5.74) is 2.15. The fourth-order valence-corrected chi connectivity index (χ4v) is 4.28. The van der Waals surface area contributed by atoms with Gasteiger partial charge >= 0.3 is 0 Å². The predicted octanol–water partition coefficient (Wildman–Crippen LogP) is 5.98. The van der Waals surface area contributed by atoms with Gasteiger partial charge in [0.2, 0.25) is 0 Å². The molecule has 1 aliphatic rings. The molecule has 0 amide bonds. The number of ether oxygens (including phenoxy) is 1. The molecule has 0 saturated carbocycles. The van der Waals surface area contributed by atoms with Crippen LogP contribution in [-0.2, 0) is 13.2 Å². The van der Waals surface area contributed by atoms with Crippen LogP contribution in [0.4, 0.5) is 4.39 Å². The molecule has 168 valence electrons. The number of likely N-dealkylation sites (tertiary alicyclic amines) is 1. The van der Waals surface area contributed by atoms with Crippen LogP contribution < -0.4 is 10.1 Å². The Balaban J connectivity index is 0.00000171. The molecule has 3 aromatic rings. The second kappa shape index (κ2) is 12.3. The summed E-state index contributed by atoms with van der Waals surface area (Å²) in [6, 6.07) is 19.7. The minimum absolute atomic E-state index is 0. The standard InChI is InChI=1S/C25H29FN2O.2ClH/c1-2-28-15-5-7-22(28)16-27-17-24-23-8-4-3-6-20(23)11-14-25(24)29-18-19-9-12-21(26)13-10-19;;/h3-4,6,8-14,22,27H,2,5,7,15-18H2,1H3;2*1H. The highest BCUT2D eigenvalue weighted by atomic mass is 35.5. The van der Waals surface area contributed by atoms with Gasteiger partial charge in [-0.25, -0.2) is 4.39 Å². The Hall–Kier alpha value is -1.85. The summed E-state index contributed by atoms with van der Waals surface area (Å²) in [6.07, 6.45) is 2.56. The van der Waals surface area contributed by atoms with E-state index in [4.69, 9.17) is 4.74 Å². The number of likely N-dealkylation sites (N-methyl/N-ethyl adjacent to an activating group) is 1. The van der Waals surface area contributed by atoms with E-state index in [9.17, 15) is 4.39 Å². The number of benzene rings is 3. The lowest BCUT2D eigenvalue weighted by molar-refractivity contribution is 0.259. The highest BCUT2D eigenvalue weighted by Crippen LogP contribution is 2.29. The molecule has 1 fully saturated rings. The van der Waals surface area contributed by atoms with Gasteiger partial charge in [-0.1, -0.05) is 49.4 Å². The predicted molar refractivity (Wildman–Crippen MR) is 131 cm³/mol. The molecule has 6 heteroatoms. The molecule has 1 atom stereocenters. The van der Waals surface area contributed by atoms with Gasteiger partial charge in [0.15, 0.2) is 0 Å². The SMILES string of the molecule is CCN1CCCC1CNCc1c(OCc2ccc(F)cc2)ccc2ccccc12.Cl.Cl. The Morgan fingerprint density at radius 3 is 2.58 bits per heavy atom. The van der Waals surface area contributed by atoms with Crippen molar-refractivity contribution < 1.29 is 9.13 Å². The van der Waals surface area contributed by atoms with Crippen molar-refractivity contribution in [1.29, 1.82) is 0 Å². The first-order valence-electron chi connectivity index (χ1n) is 10.6. The average molecular weight is 465 g/mol. The van der Waals surface area contributed by atoms with Gasteiger partial charge in [0.05, 0.1) is 0 Å². The van der Waals surface area contributed by atoms with E-state index in [1.807, 2.05) is 0 Å². The van der Waals surface area contributed by atoms with Crippen LogP contribution in [-0.4, -0.2) is 30.6 Å². The summed E-state index contributed by atoms with van der Waals surface area (Å²) in [5, 5.41) is 6.11. The van der Waals surface area contributed by atoms with E-state index in [2.05, 4.69) is 53.5 Å². The fourth-order valence-electron chi connectivity index (χ4n) is 4.28. The van der Waals surface area contributed by atoms with Crippen molar-refractivity contribution in [3.63, 3.8) is 0 Å². The minimum atomic E-state index is -0.225. The normalized spacial score (nSPS) is 16.0. The van der Waals surface area contributed by atoms with Crippen molar-refractivity contribution in [2.75, 3.05) is 19.6 Å². The van der Waals surface area contributed by atoms with Crippen LogP contribution in [0.1, 0.15) is 30.9 Å². The minimum Gasteiger partial charge on any atom is -0.489 e. The maximum atomic E-state index is 13.2. The molecule has 0 radical (unpaired) electrons. The third-order valence-corrected chi connectivity index (χ3v) is 5.89. The lowest BCUT2D eigenvalue weighted by Gasteiger charge is -2.23. The van der Waals surface area contributed by atoms with Gasteiger partial charge in [-0.05, 0) is 60.5 Å². The van der Waals surface area contributed by atoms with Crippen molar-refractivity contribution in [2.45, 2.75) is 39.0 Å². The van der Waals surface area contributed by atoms with Crippen molar-refractivity contribution in [2.24, 2.45) is 0 Å². The number of halogens is 3. The first kappa shape index (κ1) is 25.4. The summed E-state index contributed by atoms with van der Waals surface area (Å²) in [6.45, 7) is 6.76. The quantitative estimate of drug-likeness (QED) is 0.443. The fraction of sp³-hybridized carbons (Fsp3) is 0.360.